The number of aliphatic carboxylic acids is 1. The van der Waals surface area contributed by atoms with E-state index in [-0.39, 0.29) is 0 Å². The molecule has 7 nitrogen and oxygen atoms in total. The summed E-state index contributed by atoms with van der Waals surface area (Å²) in [5.41, 5.74) is 2.61. The Balaban J connectivity index is 1.82. The zero-order valence-corrected chi connectivity index (χ0v) is 18.1. The summed E-state index contributed by atoms with van der Waals surface area (Å²) >= 11 is 0. The SMILES string of the molecule is CC(C)(O)[C@H](CO)NC(=O)[C@@H](CC(=O)O)n1ccc(-c2ccc(-c3ccccc3)cc2)c1. The quantitative estimate of drug-likeness (QED) is 0.412. The normalized spacial score (nSPS) is 13.4. The Morgan fingerprint density at radius 2 is 1.50 bits per heavy atom. The Morgan fingerprint density at radius 1 is 0.938 bits per heavy atom. The van der Waals surface area contributed by atoms with Gasteiger partial charge in [-0.2, -0.15) is 0 Å². The first kappa shape index (κ1) is 23.2. The van der Waals surface area contributed by atoms with Gasteiger partial charge in [-0.1, -0.05) is 54.6 Å². The van der Waals surface area contributed by atoms with Crippen LogP contribution in [0.4, 0.5) is 0 Å². The number of benzene rings is 2. The molecule has 0 radical (unpaired) electrons. The standard InChI is InChI=1S/C25H28N2O5/c1-25(2,32)22(16-28)26-24(31)21(14-23(29)30)27-13-12-20(15-27)19-10-8-18(9-11-19)17-6-4-3-5-7-17/h3-13,15,21-22,28,32H,14,16H2,1-2H3,(H,26,31)(H,29,30)/t21-,22+/m1/s1. The first-order valence-corrected chi connectivity index (χ1v) is 10.4. The zero-order chi connectivity index (χ0) is 23.3. The van der Waals surface area contributed by atoms with E-state index in [1.165, 1.54) is 13.8 Å². The molecule has 3 aromatic rings. The van der Waals surface area contributed by atoms with Crippen LogP contribution in [0.15, 0.2) is 73.1 Å². The van der Waals surface area contributed by atoms with Crippen LogP contribution < -0.4 is 5.32 Å². The van der Waals surface area contributed by atoms with E-state index in [0.29, 0.717) is 0 Å². The minimum Gasteiger partial charge on any atom is -0.481 e. The molecule has 2 aromatic carbocycles. The molecule has 0 aliphatic rings. The predicted molar refractivity (Wildman–Crippen MR) is 122 cm³/mol. The van der Waals surface area contributed by atoms with Crippen molar-refractivity contribution in [1.29, 1.82) is 0 Å². The van der Waals surface area contributed by atoms with E-state index in [9.17, 15) is 24.9 Å². The fourth-order valence-electron chi connectivity index (χ4n) is 3.48. The first-order valence-electron chi connectivity index (χ1n) is 10.4. The Morgan fingerprint density at radius 3 is 2.03 bits per heavy atom. The number of carboxylic acids is 1. The van der Waals surface area contributed by atoms with Crippen molar-refractivity contribution in [3.05, 3.63) is 73.1 Å². The molecule has 0 aliphatic carbocycles. The molecular weight excluding hydrogens is 408 g/mol. The smallest absolute Gasteiger partial charge is 0.306 e. The van der Waals surface area contributed by atoms with E-state index in [1.54, 1.807) is 17.0 Å². The van der Waals surface area contributed by atoms with E-state index < -0.39 is 42.6 Å². The van der Waals surface area contributed by atoms with Crippen molar-refractivity contribution in [2.45, 2.75) is 38.0 Å². The summed E-state index contributed by atoms with van der Waals surface area (Å²) in [4.78, 5) is 24.2. The van der Waals surface area contributed by atoms with Crippen molar-refractivity contribution in [1.82, 2.24) is 9.88 Å². The van der Waals surface area contributed by atoms with Crippen LogP contribution in [0.2, 0.25) is 0 Å². The fourth-order valence-corrected chi connectivity index (χ4v) is 3.48. The highest BCUT2D eigenvalue weighted by Gasteiger charge is 2.31. The van der Waals surface area contributed by atoms with Crippen LogP contribution in [0.25, 0.3) is 22.3 Å². The summed E-state index contributed by atoms with van der Waals surface area (Å²) in [5.74, 6) is -1.72. The van der Waals surface area contributed by atoms with Gasteiger partial charge in [-0.05, 0) is 42.2 Å². The Hall–Kier alpha value is -3.42. The summed E-state index contributed by atoms with van der Waals surface area (Å²) in [6, 6.07) is 17.8. The van der Waals surface area contributed by atoms with E-state index in [1.807, 2.05) is 60.7 Å². The lowest BCUT2D eigenvalue weighted by molar-refractivity contribution is -0.141. The summed E-state index contributed by atoms with van der Waals surface area (Å²) in [7, 11) is 0. The number of hydrogen-bond donors (Lipinski definition) is 4. The van der Waals surface area contributed by atoms with Crippen LogP contribution in [0, 0.1) is 0 Å². The van der Waals surface area contributed by atoms with Crippen molar-refractivity contribution < 1.29 is 24.9 Å². The molecule has 32 heavy (non-hydrogen) atoms. The average Bonchev–Trinajstić information content (AvgIpc) is 3.25. The molecule has 1 heterocycles. The van der Waals surface area contributed by atoms with Crippen LogP contribution >= 0.6 is 0 Å². The van der Waals surface area contributed by atoms with Crippen molar-refractivity contribution in [3.63, 3.8) is 0 Å². The maximum atomic E-state index is 12.8. The van der Waals surface area contributed by atoms with E-state index >= 15 is 0 Å². The minimum absolute atomic E-state index is 0.434. The summed E-state index contributed by atoms with van der Waals surface area (Å²) in [6.45, 7) is 2.46. The zero-order valence-electron chi connectivity index (χ0n) is 18.1. The monoisotopic (exact) mass is 436 g/mol. The maximum absolute atomic E-state index is 12.8. The molecule has 1 amide bonds. The minimum atomic E-state index is -1.36. The molecule has 0 fully saturated rings. The van der Waals surface area contributed by atoms with Crippen molar-refractivity contribution in [2.24, 2.45) is 0 Å². The second-order valence-corrected chi connectivity index (χ2v) is 8.30. The molecule has 0 saturated heterocycles. The van der Waals surface area contributed by atoms with E-state index in [0.717, 1.165) is 22.3 Å². The highest BCUT2D eigenvalue weighted by atomic mass is 16.4. The number of nitrogens with one attached hydrogen (secondary N) is 1. The number of carbonyl (C=O) groups is 2. The molecule has 7 heteroatoms. The first-order chi connectivity index (χ1) is 15.2. The van der Waals surface area contributed by atoms with Gasteiger partial charge in [0.15, 0.2) is 0 Å². The summed E-state index contributed by atoms with van der Waals surface area (Å²) in [6.07, 6.45) is 2.95. The summed E-state index contributed by atoms with van der Waals surface area (Å²) < 4.78 is 1.54. The second kappa shape index (κ2) is 9.80. The largest absolute Gasteiger partial charge is 0.481 e. The van der Waals surface area contributed by atoms with Gasteiger partial charge < -0.3 is 25.2 Å². The third kappa shape index (κ3) is 5.63. The molecule has 0 saturated carbocycles. The van der Waals surface area contributed by atoms with Gasteiger partial charge in [-0.25, -0.2) is 0 Å². The van der Waals surface area contributed by atoms with Gasteiger partial charge in [0.05, 0.1) is 24.7 Å². The van der Waals surface area contributed by atoms with E-state index in [2.05, 4.69) is 5.32 Å². The highest BCUT2D eigenvalue weighted by molar-refractivity contribution is 5.85. The lowest BCUT2D eigenvalue weighted by Gasteiger charge is -2.30. The van der Waals surface area contributed by atoms with Crippen LogP contribution in [0.5, 0.6) is 0 Å². The highest BCUT2D eigenvalue weighted by Crippen LogP contribution is 2.27. The number of amides is 1. The van der Waals surface area contributed by atoms with Gasteiger partial charge in [0.1, 0.15) is 6.04 Å². The van der Waals surface area contributed by atoms with Gasteiger partial charge in [-0.3, -0.25) is 9.59 Å². The Kier molecular flexibility index (Phi) is 7.12. The average molecular weight is 437 g/mol. The van der Waals surface area contributed by atoms with Crippen LogP contribution in [0.1, 0.15) is 26.3 Å². The molecule has 3 rings (SSSR count). The van der Waals surface area contributed by atoms with Crippen LogP contribution in [-0.2, 0) is 9.59 Å². The number of aliphatic hydroxyl groups is 2. The Labute approximate surface area is 187 Å². The summed E-state index contributed by atoms with van der Waals surface area (Å²) in [5, 5.41) is 31.5. The van der Waals surface area contributed by atoms with Crippen molar-refractivity contribution in [3.8, 4) is 22.3 Å². The molecule has 168 valence electrons. The molecule has 2 atom stereocenters. The van der Waals surface area contributed by atoms with Gasteiger partial charge in [-0.15, -0.1) is 0 Å². The number of carboxylic acid groups (broad SMARTS) is 1. The molecule has 4 N–H and O–H groups in total. The molecule has 1 aromatic heterocycles. The maximum Gasteiger partial charge on any atom is 0.306 e. The lowest BCUT2D eigenvalue weighted by Crippen LogP contribution is -2.53. The molecular formula is C25H28N2O5. The number of hydrogen-bond acceptors (Lipinski definition) is 4. The molecule has 0 aliphatic heterocycles. The fraction of sp³-hybridized carbons (Fsp3) is 0.280. The van der Waals surface area contributed by atoms with Gasteiger partial charge in [0.25, 0.3) is 0 Å². The van der Waals surface area contributed by atoms with E-state index in [4.69, 9.17) is 0 Å². The Bertz CT molecular complexity index is 1050. The third-order valence-electron chi connectivity index (χ3n) is 5.42. The molecule has 0 bridgehead atoms. The molecule has 0 unspecified atom stereocenters. The number of rotatable bonds is 9. The van der Waals surface area contributed by atoms with Crippen LogP contribution in [-0.4, -0.2) is 50.0 Å². The third-order valence-corrected chi connectivity index (χ3v) is 5.42. The van der Waals surface area contributed by atoms with Crippen LogP contribution in [0.3, 0.4) is 0 Å². The number of aliphatic hydroxyl groups excluding tert-OH is 1. The van der Waals surface area contributed by atoms with Crippen molar-refractivity contribution >= 4 is 11.9 Å². The van der Waals surface area contributed by atoms with Gasteiger partial charge in [0, 0.05) is 12.4 Å². The second-order valence-electron chi connectivity index (χ2n) is 8.30. The number of nitrogens with zero attached hydrogens (tertiary/aromatic N) is 1. The van der Waals surface area contributed by atoms with Crippen molar-refractivity contribution in [2.75, 3.05) is 6.61 Å². The number of aromatic nitrogens is 1. The predicted octanol–water partition coefficient (Wildman–Crippen LogP) is 3.09. The van der Waals surface area contributed by atoms with Gasteiger partial charge >= 0.3 is 5.97 Å². The van der Waals surface area contributed by atoms with Gasteiger partial charge in [0.2, 0.25) is 5.91 Å². The number of carbonyl (C=O) groups excluding carboxylic acids is 1. The molecule has 0 spiro atoms. The topological polar surface area (TPSA) is 112 Å². The lowest BCUT2D eigenvalue weighted by atomic mass is 9.99.